The Morgan fingerprint density at radius 1 is 1.41 bits per heavy atom. The molecule has 1 atom stereocenters. The second-order valence-electron chi connectivity index (χ2n) is 4.26. The summed E-state index contributed by atoms with van der Waals surface area (Å²) in [5.74, 6) is 0.811. The van der Waals surface area contributed by atoms with E-state index in [2.05, 4.69) is 0 Å². The molecule has 0 bridgehead atoms. The van der Waals surface area contributed by atoms with Crippen LogP contribution in [0.1, 0.15) is 24.8 Å². The highest BCUT2D eigenvalue weighted by atomic mass is 35.5. The summed E-state index contributed by atoms with van der Waals surface area (Å²) in [4.78, 5) is 0. The fourth-order valence-electron chi connectivity index (χ4n) is 1.97. The molecule has 1 heterocycles. The Morgan fingerprint density at radius 2 is 2.29 bits per heavy atom. The third-order valence-corrected chi connectivity index (χ3v) is 3.18. The minimum absolute atomic E-state index is 0.213. The first-order chi connectivity index (χ1) is 8.29. The largest absolute Gasteiger partial charge is 0.491 e. The zero-order valence-electron chi connectivity index (χ0n) is 9.82. The molecule has 0 amide bonds. The molecule has 1 unspecified atom stereocenters. The second kappa shape index (κ2) is 6.24. The van der Waals surface area contributed by atoms with Gasteiger partial charge in [0.05, 0.1) is 6.10 Å². The van der Waals surface area contributed by atoms with Crippen LogP contribution in [-0.2, 0) is 11.3 Å². The van der Waals surface area contributed by atoms with Gasteiger partial charge in [-0.2, -0.15) is 0 Å². The van der Waals surface area contributed by atoms with Crippen LogP contribution in [0.5, 0.6) is 5.75 Å². The average Bonchev–Trinajstić information content (AvgIpc) is 2.38. The second-order valence-corrected chi connectivity index (χ2v) is 4.69. The first-order valence-corrected chi connectivity index (χ1v) is 6.40. The summed E-state index contributed by atoms with van der Waals surface area (Å²) < 4.78 is 11.4. The van der Waals surface area contributed by atoms with Crippen molar-refractivity contribution in [1.82, 2.24) is 0 Å². The molecule has 1 fully saturated rings. The monoisotopic (exact) mass is 255 g/mol. The maximum atomic E-state index is 5.91. The molecule has 2 N–H and O–H groups in total. The molecule has 94 valence electrons. The summed E-state index contributed by atoms with van der Waals surface area (Å²) >= 11 is 5.91. The van der Waals surface area contributed by atoms with Gasteiger partial charge in [0.15, 0.2) is 0 Å². The van der Waals surface area contributed by atoms with Crippen molar-refractivity contribution in [2.45, 2.75) is 31.9 Å². The molecule has 1 aliphatic rings. The van der Waals surface area contributed by atoms with Crippen molar-refractivity contribution in [3.05, 3.63) is 28.8 Å². The molecule has 0 saturated carbocycles. The minimum Gasteiger partial charge on any atom is -0.491 e. The lowest BCUT2D eigenvalue weighted by atomic mass is 10.1. The quantitative estimate of drug-likeness (QED) is 0.900. The number of benzene rings is 1. The molecule has 0 aromatic heterocycles. The molecule has 1 aromatic carbocycles. The Balaban J connectivity index is 1.93. The number of hydrogen-bond donors (Lipinski definition) is 1. The van der Waals surface area contributed by atoms with Gasteiger partial charge in [0, 0.05) is 23.7 Å². The Bertz CT molecular complexity index is 364. The highest BCUT2D eigenvalue weighted by Gasteiger charge is 2.15. The van der Waals surface area contributed by atoms with E-state index in [9.17, 15) is 0 Å². The average molecular weight is 256 g/mol. The molecule has 1 aromatic rings. The Hall–Kier alpha value is -0.770. The molecule has 1 aliphatic heterocycles. The van der Waals surface area contributed by atoms with Crippen LogP contribution in [0.3, 0.4) is 0 Å². The van der Waals surface area contributed by atoms with Gasteiger partial charge in [-0.15, -0.1) is 0 Å². The van der Waals surface area contributed by atoms with Gasteiger partial charge in [0.25, 0.3) is 0 Å². The van der Waals surface area contributed by atoms with Crippen molar-refractivity contribution in [3.63, 3.8) is 0 Å². The maximum Gasteiger partial charge on any atom is 0.124 e. The lowest BCUT2D eigenvalue weighted by Gasteiger charge is -2.23. The van der Waals surface area contributed by atoms with Gasteiger partial charge in [-0.3, -0.25) is 0 Å². The van der Waals surface area contributed by atoms with Crippen LogP contribution >= 0.6 is 11.6 Å². The van der Waals surface area contributed by atoms with E-state index in [0.717, 1.165) is 30.8 Å². The van der Waals surface area contributed by atoms with Crippen LogP contribution in [0.15, 0.2) is 18.2 Å². The number of halogens is 1. The summed E-state index contributed by atoms with van der Waals surface area (Å²) in [6.45, 7) is 1.87. The van der Waals surface area contributed by atoms with Crippen molar-refractivity contribution in [2.75, 3.05) is 13.2 Å². The van der Waals surface area contributed by atoms with E-state index in [0.29, 0.717) is 18.2 Å². The van der Waals surface area contributed by atoms with Gasteiger partial charge in [-0.25, -0.2) is 0 Å². The Labute approximate surface area is 107 Å². The highest BCUT2D eigenvalue weighted by molar-refractivity contribution is 6.30. The molecular formula is C13H18ClNO2. The van der Waals surface area contributed by atoms with E-state index in [1.54, 1.807) is 0 Å². The van der Waals surface area contributed by atoms with Gasteiger partial charge < -0.3 is 15.2 Å². The predicted molar refractivity (Wildman–Crippen MR) is 68.4 cm³/mol. The zero-order chi connectivity index (χ0) is 12.1. The Kier molecular flexibility index (Phi) is 4.66. The van der Waals surface area contributed by atoms with Crippen molar-refractivity contribution in [2.24, 2.45) is 5.73 Å². The fourth-order valence-corrected chi connectivity index (χ4v) is 2.16. The smallest absolute Gasteiger partial charge is 0.124 e. The van der Waals surface area contributed by atoms with E-state index in [1.807, 2.05) is 18.2 Å². The zero-order valence-corrected chi connectivity index (χ0v) is 10.6. The molecule has 4 heteroatoms. The van der Waals surface area contributed by atoms with E-state index in [-0.39, 0.29) is 6.10 Å². The summed E-state index contributed by atoms with van der Waals surface area (Å²) in [6.07, 6.45) is 3.67. The van der Waals surface area contributed by atoms with E-state index in [4.69, 9.17) is 26.8 Å². The van der Waals surface area contributed by atoms with Crippen molar-refractivity contribution in [3.8, 4) is 5.75 Å². The number of hydrogen-bond acceptors (Lipinski definition) is 3. The normalized spacial score (nSPS) is 20.2. The highest BCUT2D eigenvalue weighted by Crippen LogP contribution is 2.23. The van der Waals surface area contributed by atoms with Gasteiger partial charge in [-0.05, 0) is 37.5 Å². The van der Waals surface area contributed by atoms with Crippen molar-refractivity contribution < 1.29 is 9.47 Å². The van der Waals surface area contributed by atoms with Gasteiger partial charge in [0.1, 0.15) is 12.4 Å². The SMILES string of the molecule is NCc1cc(Cl)ccc1OCC1CCCCO1. The first kappa shape index (κ1) is 12.7. The molecule has 0 spiro atoms. The first-order valence-electron chi connectivity index (χ1n) is 6.02. The lowest BCUT2D eigenvalue weighted by molar-refractivity contribution is -0.0112. The fraction of sp³-hybridized carbons (Fsp3) is 0.538. The number of nitrogens with two attached hydrogens (primary N) is 1. The molecule has 1 saturated heterocycles. The number of rotatable bonds is 4. The standard InChI is InChI=1S/C13H18ClNO2/c14-11-4-5-13(10(7-11)8-15)17-9-12-3-1-2-6-16-12/h4-5,7,12H,1-3,6,8-9,15H2. The Morgan fingerprint density at radius 3 is 3.00 bits per heavy atom. The maximum absolute atomic E-state index is 5.91. The third-order valence-electron chi connectivity index (χ3n) is 2.94. The van der Waals surface area contributed by atoms with Gasteiger partial charge in [-0.1, -0.05) is 11.6 Å². The van der Waals surface area contributed by atoms with Crippen LogP contribution in [0.2, 0.25) is 5.02 Å². The van der Waals surface area contributed by atoms with Crippen LogP contribution in [-0.4, -0.2) is 19.3 Å². The third kappa shape index (κ3) is 3.60. The topological polar surface area (TPSA) is 44.5 Å². The van der Waals surface area contributed by atoms with Crippen molar-refractivity contribution >= 4 is 11.6 Å². The molecular weight excluding hydrogens is 238 g/mol. The molecule has 0 radical (unpaired) electrons. The van der Waals surface area contributed by atoms with Crippen LogP contribution in [0.4, 0.5) is 0 Å². The molecule has 3 nitrogen and oxygen atoms in total. The summed E-state index contributed by atoms with van der Waals surface area (Å²) in [7, 11) is 0. The van der Waals surface area contributed by atoms with E-state index >= 15 is 0 Å². The molecule has 17 heavy (non-hydrogen) atoms. The molecule has 0 aliphatic carbocycles. The summed E-state index contributed by atoms with van der Waals surface area (Å²) in [5, 5.41) is 0.687. The molecule has 2 rings (SSSR count). The lowest BCUT2D eigenvalue weighted by Crippen LogP contribution is -2.26. The van der Waals surface area contributed by atoms with Crippen LogP contribution in [0, 0.1) is 0 Å². The van der Waals surface area contributed by atoms with Crippen LogP contribution < -0.4 is 10.5 Å². The summed E-state index contributed by atoms with van der Waals surface area (Å²) in [5.41, 5.74) is 6.60. The van der Waals surface area contributed by atoms with Crippen molar-refractivity contribution in [1.29, 1.82) is 0 Å². The van der Waals surface area contributed by atoms with Gasteiger partial charge >= 0.3 is 0 Å². The summed E-state index contributed by atoms with van der Waals surface area (Å²) in [6, 6.07) is 5.53. The number of ether oxygens (including phenoxy) is 2. The van der Waals surface area contributed by atoms with Gasteiger partial charge in [0.2, 0.25) is 0 Å². The van der Waals surface area contributed by atoms with E-state index in [1.165, 1.54) is 6.42 Å². The minimum atomic E-state index is 0.213. The predicted octanol–water partition coefficient (Wildman–Crippen LogP) is 2.75. The van der Waals surface area contributed by atoms with E-state index < -0.39 is 0 Å². The van der Waals surface area contributed by atoms with Crippen LogP contribution in [0.25, 0.3) is 0 Å².